The third-order valence-corrected chi connectivity index (χ3v) is 7.38. The summed E-state index contributed by atoms with van der Waals surface area (Å²) in [7, 11) is -4.43. The second kappa shape index (κ2) is 14.7. The molecule has 1 aliphatic rings. The standard InChI is InChI=1S/C23H30FN2O10PS/c24-17-13-26(22(29)25-21(17)28)20-12-18(27)19(36-20)15-35-37(31,32)34-10-6-1-2-7-11-38-23(30)33-14-16-8-4-3-5-9-16/h3-5,8-9,13,18-20,27H,1-2,6-7,10-12,14-15H2,(H,31,32)(H,25,28,29)/t18?,19-,20-/m1/s1. The fraction of sp³-hybridized carbons (Fsp3) is 0.522. The van der Waals surface area contributed by atoms with Gasteiger partial charge in [-0.2, -0.15) is 4.39 Å². The molecule has 1 saturated heterocycles. The molecule has 0 amide bonds. The molecular formula is C23H30FN2O10PS. The number of aromatic amines is 1. The van der Waals surface area contributed by atoms with E-state index >= 15 is 0 Å². The van der Waals surface area contributed by atoms with E-state index in [9.17, 15) is 33.3 Å². The van der Waals surface area contributed by atoms with E-state index in [2.05, 4.69) is 0 Å². The van der Waals surface area contributed by atoms with Gasteiger partial charge in [0.25, 0.3) is 5.56 Å². The topological polar surface area (TPSA) is 166 Å². The summed E-state index contributed by atoms with van der Waals surface area (Å²) < 4.78 is 46.9. The van der Waals surface area contributed by atoms with Gasteiger partial charge in [0, 0.05) is 12.2 Å². The number of H-pyrrole nitrogens is 1. The Hall–Kier alpha value is -2.32. The molecule has 2 heterocycles. The highest BCUT2D eigenvalue weighted by molar-refractivity contribution is 8.13. The lowest BCUT2D eigenvalue weighted by Crippen LogP contribution is -2.34. The molecular weight excluding hydrogens is 546 g/mol. The number of unbranched alkanes of at least 4 members (excludes halogenated alkanes) is 3. The van der Waals surface area contributed by atoms with E-state index in [4.69, 9.17) is 18.5 Å². The zero-order valence-corrected chi connectivity index (χ0v) is 22.1. The fourth-order valence-corrected chi connectivity index (χ4v) is 4.99. The summed E-state index contributed by atoms with van der Waals surface area (Å²) in [6.07, 6.45) is -0.0691. The number of nitrogens with one attached hydrogen (secondary N) is 1. The summed E-state index contributed by atoms with van der Waals surface area (Å²) in [5.41, 5.74) is -1.18. The second-order valence-electron chi connectivity index (χ2n) is 8.46. The van der Waals surface area contributed by atoms with Gasteiger partial charge >= 0.3 is 18.8 Å². The number of hydrogen-bond donors (Lipinski definition) is 3. The van der Waals surface area contributed by atoms with E-state index in [1.54, 1.807) is 4.98 Å². The van der Waals surface area contributed by atoms with Crippen LogP contribution in [0.15, 0.2) is 46.1 Å². The number of aromatic nitrogens is 2. The molecule has 1 aromatic carbocycles. The van der Waals surface area contributed by atoms with Crippen LogP contribution in [-0.2, 0) is 29.7 Å². The zero-order valence-electron chi connectivity index (χ0n) is 20.4. The smallest absolute Gasteiger partial charge is 0.453 e. The third kappa shape index (κ3) is 9.77. The number of carbonyl (C=O) groups excluding carboxylic acids is 1. The van der Waals surface area contributed by atoms with E-state index in [1.807, 2.05) is 30.3 Å². The molecule has 1 aromatic heterocycles. The van der Waals surface area contributed by atoms with Crippen LogP contribution in [0.25, 0.3) is 0 Å². The van der Waals surface area contributed by atoms with Crippen LogP contribution in [0.4, 0.5) is 9.18 Å². The number of aliphatic hydroxyl groups excluding tert-OH is 1. The maximum absolute atomic E-state index is 13.5. The number of halogens is 1. The molecule has 2 unspecified atom stereocenters. The Morgan fingerprint density at radius 2 is 1.92 bits per heavy atom. The van der Waals surface area contributed by atoms with Crippen molar-refractivity contribution < 1.29 is 42.3 Å². The normalized spacial score (nSPS) is 20.8. The van der Waals surface area contributed by atoms with Crippen molar-refractivity contribution in [2.75, 3.05) is 19.0 Å². The van der Waals surface area contributed by atoms with Crippen LogP contribution >= 0.6 is 19.6 Å². The lowest BCUT2D eigenvalue weighted by Gasteiger charge is -2.18. The number of phosphoric ester groups is 1. The summed E-state index contributed by atoms with van der Waals surface area (Å²) in [5, 5.41) is 9.80. The van der Waals surface area contributed by atoms with Crippen LogP contribution in [0.3, 0.4) is 0 Å². The van der Waals surface area contributed by atoms with Gasteiger partial charge in [0.15, 0.2) is 0 Å². The average molecular weight is 577 g/mol. The van der Waals surface area contributed by atoms with E-state index in [1.165, 1.54) is 0 Å². The van der Waals surface area contributed by atoms with Gasteiger partial charge in [-0.1, -0.05) is 43.2 Å². The van der Waals surface area contributed by atoms with Crippen molar-refractivity contribution >= 4 is 24.9 Å². The lowest BCUT2D eigenvalue weighted by atomic mass is 10.2. The summed E-state index contributed by atoms with van der Waals surface area (Å²) in [4.78, 5) is 46.4. The SMILES string of the molecule is O=C(OCc1ccccc1)SCCCCCCOP(=O)(O)OC[C@H]1O[C@@H](n2cc(F)c(=O)[nH]c2=O)CC1O. The summed E-state index contributed by atoms with van der Waals surface area (Å²) >= 11 is 1.10. The number of phosphoric acid groups is 1. The van der Waals surface area contributed by atoms with Gasteiger partial charge in [-0.15, -0.1) is 0 Å². The lowest BCUT2D eigenvalue weighted by molar-refractivity contribution is -0.0468. The average Bonchev–Trinajstić information content (AvgIpc) is 3.26. The molecule has 3 N–H and O–H groups in total. The molecule has 0 spiro atoms. The van der Waals surface area contributed by atoms with E-state index < -0.39 is 49.9 Å². The van der Waals surface area contributed by atoms with Gasteiger partial charge in [-0.05, 0) is 30.2 Å². The van der Waals surface area contributed by atoms with Crippen molar-refractivity contribution in [3.63, 3.8) is 0 Å². The molecule has 1 aliphatic heterocycles. The van der Waals surface area contributed by atoms with Crippen molar-refractivity contribution in [1.29, 1.82) is 0 Å². The van der Waals surface area contributed by atoms with Crippen LogP contribution in [0.5, 0.6) is 0 Å². The minimum Gasteiger partial charge on any atom is -0.453 e. The molecule has 4 atom stereocenters. The number of ether oxygens (including phenoxy) is 2. The van der Waals surface area contributed by atoms with Crippen molar-refractivity contribution in [3.8, 4) is 0 Å². The van der Waals surface area contributed by atoms with Gasteiger partial charge < -0.3 is 19.5 Å². The van der Waals surface area contributed by atoms with Crippen molar-refractivity contribution in [3.05, 3.63) is 68.7 Å². The maximum Gasteiger partial charge on any atom is 0.472 e. The monoisotopic (exact) mass is 576 g/mol. The van der Waals surface area contributed by atoms with Crippen molar-refractivity contribution in [2.24, 2.45) is 0 Å². The van der Waals surface area contributed by atoms with Crippen molar-refractivity contribution in [1.82, 2.24) is 9.55 Å². The molecule has 1 fully saturated rings. The first-order valence-electron chi connectivity index (χ1n) is 11.9. The van der Waals surface area contributed by atoms with Gasteiger partial charge in [0.1, 0.15) is 18.9 Å². The number of benzene rings is 1. The van der Waals surface area contributed by atoms with E-state index in [0.717, 1.165) is 34.7 Å². The van der Waals surface area contributed by atoms with Crippen LogP contribution in [-0.4, -0.2) is 56.0 Å². The van der Waals surface area contributed by atoms with Crippen LogP contribution < -0.4 is 11.2 Å². The highest BCUT2D eigenvalue weighted by Gasteiger charge is 2.37. The number of carbonyl (C=O) groups is 1. The minimum absolute atomic E-state index is 0.0389. The van der Waals surface area contributed by atoms with Gasteiger partial charge in [0.05, 0.1) is 25.5 Å². The van der Waals surface area contributed by atoms with Crippen LogP contribution in [0, 0.1) is 5.82 Å². The Labute approximate surface area is 221 Å². The predicted molar refractivity (Wildman–Crippen MR) is 135 cm³/mol. The van der Waals surface area contributed by atoms with Crippen LogP contribution in [0.1, 0.15) is 43.9 Å². The molecule has 3 rings (SSSR count). The molecule has 38 heavy (non-hydrogen) atoms. The molecule has 15 heteroatoms. The molecule has 0 bridgehead atoms. The Balaban J connectivity index is 1.25. The summed E-state index contributed by atoms with van der Waals surface area (Å²) in [6, 6.07) is 9.38. The van der Waals surface area contributed by atoms with Gasteiger partial charge in [0.2, 0.25) is 5.82 Å². The molecule has 0 radical (unpaired) electrons. The molecule has 210 valence electrons. The quantitative estimate of drug-likeness (QED) is 0.172. The molecule has 2 aromatic rings. The predicted octanol–water partition coefficient (Wildman–Crippen LogP) is 3.09. The van der Waals surface area contributed by atoms with Crippen LogP contribution in [0.2, 0.25) is 0 Å². The first-order valence-corrected chi connectivity index (χ1v) is 14.4. The van der Waals surface area contributed by atoms with E-state index in [-0.39, 0.29) is 24.9 Å². The van der Waals surface area contributed by atoms with Crippen molar-refractivity contribution in [2.45, 2.75) is 57.1 Å². The van der Waals surface area contributed by atoms with E-state index in [0.29, 0.717) is 24.8 Å². The highest BCUT2D eigenvalue weighted by atomic mass is 32.2. The Morgan fingerprint density at radius 3 is 2.68 bits per heavy atom. The Morgan fingerprint density at radius 1 is 1.18 bits per heavy atom. The van der Waals surface area contributed by atoms with Gasteiger partial charge in [-0.3, -0.25) is 23.4 Å². The maximum atomic E-state index is 13.5. The third-order valence-electron chi connectivity index (χ3n) is 5.55. The largest absolute Gasteiger partial charge is 0.472 e. The number of hydrogen-bond acceptors (Lipinski definition) is 10. The molecule has 12 nitrogen and oxygen atoms in total. The molecule has 0 saturated carbocycles. The zero-order chi connectivity index (χ0) is 27.5. The van der Waals surface area contributed by atoms with Gasteiger partial charge in [-0.25, -0.2) is 14.2 Å². The number of rotatable bonds is 14. The minimum atomic E-state index is -4.43. The first-order chi connectivity index (χ1) is 18.1. The fourth-order valence-electron chi connectivity index (χ4n) is 3.57. The Kier molecular flexibility index (Phi) is 11.7. The first kappa shape index (κ1) is 30.2. The second-order valence-corrected chi connectivity index (χ2v) is 10.9. The number of nitrogens with zero attached hydrogens (tertiary/aromatic N) is 1. The summed E-state index contributed by atoms with van der Waals surface area (Å²) in [6.45, 7) is -0.318. The number of thioether (sulfide) groups is 1. The summed E-state index contributed by atoms with van der Waals surface area (Å²) in [5.74, 6) is -0.603. The number of aliphatic hydroxyl groups is 1. The Bertz CT molecular complexity index is 1210. The highest BCUT2D eigenvalue weighted by Crippen LogP contribution is 2.44. The molecule has 0 aliphatic carbocycles.